The quantitative estimate of drug-likeness (QED) is 0.771. The predicted octanol–water partition coefficient (Wildman–Crippen LogP) is 2.98. The van der Waals surface area contributed by atoms with Crippen molar-refractivity contribution in [2.45, 2.75) is 34.6 Å². The zero-order valence-electron chi connectivity index (χ0n) is 10.3. The highest BCUT2D eigenvalue weighted by Gasteiger charge is 2.19. The second-order valence-corrected chi connectivity index (χ2v) is 3.86. The summed E-state index contributed by atoms with van der Waals surface area (Å²) >= 11 is 0. The first kappa shape index (κ1) is 15.0. The van der Waals surface area contributed by atoms with E-state index in [9.17, 15) is 9.18 Å². The lowest BCUT2D eigenvalue weighted by atomic mass is 9.98. The molecule has 0 heterocycles. The molecule has 0 amide bonds. The van der Waals surface area contributed by atoms with Crippen molar-refractivity contribution in [3.05, 3.63) is 28.1 Å². The molecule has 0 bridgehead atoms. The Morgan fingerprint density at radius 1 is 1.12 bits per heavy atom. The van der Waals surface area contributed by atoms with Crippen LogP contribution in [0.2, 0.25) is 0 Å². The van der Waals surface area contributed by atoms with E-state index in [0.29, 0.717) is 10.9 Å². The molecule has 0 spiro atoms. The van der Waals surface area contributed by atoms with Crippen LogP contribution in [0.1, 0.15) is 40.9 Å². The van der Waals surface area contributed by atoms with Crippen LogP contribution in [0.4, 0.5) is 4.39 Å². The minimum Gasteiger partial charge on any atom is -0.478 e. The average molecular weight is 244 g/mol. The van der Waals surface area contributed by atoms with Crippen LogP contribution in [0.3, 0.4) is 0 Å². The zero-order chi connectivity index (χ0) is 13.0. The van der Waals surface area contributed by atoms with Gasteiger partial charge >= 0.3 is 5.97 Å². The van der Waals surface area contributed by atoms with Crippen molar-refractivity contribution >= 4 is 20.5 Å². The lowest BCUT2D eigenvalue weighted by Crippen LogP contribution is -2.16. The molecular formula is C12H18FO2P. The smallest absolute Gasteiger partial charge is 0.338 e. The largest absolute Gasteiger partial charge is 0.478 e. The van der Waals surface area contributed by atoms with E-state index in [1.807, 2.05) is 13.8 Å². The van der Waals surface area contributed by atoms with Crippen LogP contribution in [-0.2, 0) is 0 Å². The Morgan fingerprint density at radius 2 is 1.56 bits per heavy atom. The van der Waals surface area contributed by atoms with Crippen LogP contribution in [0.15, 0.2) is 0 Å². The standard InChI is InChI=1S/C10H12FO2P.C2H6/c1-4-5(2)7(10(12)13)8(11)9(14)6(4)3;1-2/h14H2,1-3H3,(H,12,13);1-2H3. The van der Waals surface area contributed by atoms with E-state index < -0.39 is 11.8 Å². The Labute approximate surface area is 98.1 Å². The molecule has 1 aromatic rings. The van der Waals surface area contributed by atoms with Gasteiger partial charge in [-0.15, -0.1) is 9.24 Å². The van der Waals surface area contributed by atoms with E-state index in [4.69, 9.17) is 5.11 Å². The first-order valence-corrected chi connectivity index (χ1v) is 5.73. The molecule has 1 rings (SSSR count). The van der Waals surface area contributed by atoms with Gasteiger partial charge in [0, 0.05) is 5.30 Å². The SMILES string of the molecule is CC.Cc1c(C)c(P)c(F)c(C(=O)O)c1C. The Kier molecular flexibility index (Phi) is 5.60. The van der Waals surface area contributed by atoms with Crippen molar-refractivity contribution in [2.24, 2.45) is 0 Å². The van der Waals surface area contributed by atoms with Gasteiger partial charge < -0.3 is 5.11 Å². The summed E-state index contributed by atoms with van der Waals surface area (Å²) in [5.74, 6) is -1.87. The van der Waals surface area contributed by atoms with Crippen molar-refractivity contribution in [2.75, 3.05) is 0 Å². The summed E-state index contributed by atoms with van der Waals surface area (Å²) in [5, 5.41) is 9.18. The van der Waals surface area contributed by atoms with Crippen LogP contribution in [0.5, 0.6) is 0 Å². The molecule has 0 aliphatic heterocycles. The number of carbonyl (C=O) groups is 1. The van der Waals surface area contributed by atoms with Crippen molar-refractivity contribution < 1.29 is 14.3 Å². The number of halogens is 1. The number of aromatic carboxylic acids is 1. The lowest BCUT2D eigenvalue weighted by molar-refractivity contribution is 0.0691. The third-order valence-corrected chi connectivity index (χ3v) is 3.26. The minimum absolute atomic E-state index is 0.224. The maximum absolute atomic E-state index is 13.6. The number of carboxylic acids is 1. The molecule has 16 heavy (non-hydrogen) atoms. The van der Waals surface area contributed by atoms with E-state index in [1.165, 1.54) is 0 Å². The summed E-state index contributed by atoms with van der Waals surface area (Å²) in [4.78, 5) is 10.8. The molecule has 1 atom stereocenters. The van der Waals surface area contributed by atoms with Gasteiger partial charge in [-0.3, -0.25) is 0 Å². The molecule has 1 unspecified atom stereocenters. The molecule has 0 radical (unpaired) electrons. The van der Waals surface area contributed by atoms with Crippen LogP contribution >= 0.6 is 9.24 Å². The fourth-order valence-corrected chi connectivity index (χ4v) is 1.75. The molecule has 2 nitrogen and oxygen atoms in total. The van der Waals surface area contributed by atoms with Gasteiger partial charge in [0.2, 0.25) is 0 Å². The highest BCUT2D eigenvalue weighted by atomic mass is 31.0. The molecule has 0 aromatic heterocycles. The summed E-state index contributed by atoms with van der Waals surface area (Å²) in [7, 11) is 2.24. The fourth-order valence-electron chi connectivity index (χ4n) is 1.39. The number of hydrogen-bond acceptors (Lipinski definition) is 1. The van der Waals surface area contributed by atoms with Crippen LogP contribution in [0.25, 0.3) is 0 Å². The van der Waals surface area contributed by atoms with Crippen LogP contribution in [-0.4, -0.2) is 11.1 Å². The van der Waals surface area contributed by atoms with Gasteiger partial charge in [-0.1, -0.05) is 13.8 Å². The first-order chi connectivity index (χ1) is 7.37. The molecule has 1 aromatic carbocycles. The Balaban J connectivity index is 0.00000106. The molecule has 0 aliphatic rings. The third-order valence-electron chi connectivity index (χ3n) is 2.57. The highest BCUT2D eigenvalue weighted by Crippen LogP contribution is 2.20. The topological polar surface area (TPSA) is 37.3 Å². The molecular weight excluding hydrogens is 226 g/mol. The summed E-state index contributed by atoms with van der Waals surface area (Å²) in [6, 6.07) is 0. The number of benzene rings is 1. The monoisotopic (exact) mass is 244 g/mol. The third kappa shape index (κ3) is 2.59. The molecule has 0 fully saturated rings. The lowest BCUT2D eigenvalue weighted by Gasteiger charge is -2.12. The number of hydrogen-bond donors (Lipinski definition) is 1. The van der Waals surface area contributed by atoms with Crippen molar-refractivity contribution in [1.29, 1.82) is 0 Å². The van der Waals surface area contributed by atoms with Crippen molar-refractivity contribution in [3.8, 4) is 0 Å². The maximum Gasteiger partial charge on any atom is 0.338 e. The average Bonchev–Trinajstić information content (AvgIpc) is 2.26. The molecule has 1 N–H and O–H groups in total. The predicted molar refractivity (Wildman–Crippen MR) is 68.3 cm³/mol. The van der Waals surface area contributed by atoms with Gasteiger partial charge in [-0.25, -0.2) is 9.18 Å². The van der Waals surface area contributed by atoms with Crippen LogP contribution in [0, 0.1) is 26.6 Å². The molecule has 0 saturated heterocycles. The van der Waals surface area contributed by atoms with E-state index in [1.54, 1.807) is 20.8 Å². The van der Waals surface area contributed by atoms with Gasteiger partial charge in [0.15, 0.2) is 0 Å². The minimum atomic E-state index is -1.22. The Morgan fingerprint density at radius 3 is 1.94 bits per heavy atom. The van der Waals surface area contributed by atoms with Gasteiger partial charge in [0.25, 0.3) is 0 Å². The fraction of sp³-hybridized carbons (Fsp3) is 0.417. The summed E-state index contributed by atoms with van der Waals surface area (Å²) < 4.78 is 13.6. The molecule has 0 saturated carbocycles. The second-order valence-electron chi connectivity index (χ2n) is 3.28. The first-order valence-electron chi connectivity index (χ1n) is 5.16. The zero-order valence-corrected chi connectivity index (χ0v) is 11.5. The summed E-state index contributed by atoms with van der Waals surface area (Å²) in [6.45, 7) is 9.20. The number of carboxylic acid groups (broad SMARTS) is 1. The van der Waals surface area contributed by atoms with E-state index in [0.717, 1.165) is 11.1 Å². The maximum atomic E-state index is 13.6. The van der Waals surface area contributed by atoms with Crippen LogP contribution < -0.4 is 5.30 Å². The van der Waals surface area contributed by atoms with Crippen molar-refractivity contribution in [1.82, 2.24) is 0 Å². The number of rotatable bonds is 1. The van der Waals surface area contributed by atoms with E-state index in [2.05, 4.69) is 9.24 Å². The van der Waals surface area contributed by atoms with Gasteiger partial charge in [-0.05, 0) is 37.5 Å². The molecule has 90 valence electrons. The van der Waals surface area contributed by atoms with Gasteiger partial charge in [0.1, 0.15) is 5.82 Å². The van der Waals surface area contributed by atoms with Crippen molar-refractivity contribution in [3.63, 3.8) is 0 Å². The summed E-state index contributed by atoms with van der Waals surface area (Å²) in [5.41, 5.74) is 1.89. The summed E-state index contributed by atoms with van der Waals surface area (Å²) in [6.07, 6.45) is 0. The normalized spacial score (nSPS) is 9.44. The second kappa shape index (κ2) is 5.95. The highest BCUT2D eigenvalue weighted by molar-refractivity contribution is 7.27. The van der Waals surface area contributed by atoms with E-state index >= 15 is 0 Å². The molecule has 4 heteroatoms. The van der Waals surface area contributed by atoms with E-state index in [-0.39, 0.29) is 5.56 Å². The van der Waals surface area contributed by atoms with Gasteiger partial charge in [-0.2, -0.15) is 0 Å². The Hall–Kier alpha value is -0.950. The van der Waals surface area contributed by atoms with Gasteiger partial charge in [0.05, 0.1) is 5.56 Å². The Bertz CT molecular complexity index is 385. The molecule has 0 aliphatic carbocycles.